The van der Waals surface area contributed by atoms with Crippen LogP contribution < -0.4 is 0 Å². The molecule has 4 nitrogen and oxygen atoms in total. The fourth-order valence-corrected chi connectivity index (χ4v) is 2.37. The average Bonchev–Trinajstić information content (AvgIpc) is 2.85. The molecule has 0 saturated heterocycles. The largest absolute Gasteiger partial charge is 0.481 e. The molecule has 0 heterocycles. The van der Waals surface area contributed by atoms with E-state index in [9.17, 15) is 13.2 Å². The Hall–Kier alpha value is -0.580. The Kier molecular flexibility index (Phi) is 3.19. The third-order valence-electron chi connectivity index (χ3n) is 2.86. The number of aliphatic carboxylic acids is 1. The van der Waals surface area contributed by atoms with Crippen LogP contribution in [-0.2, 0) is 14.6 Å². The van der Waals surface area contributed by atoms with E-state index in [1.165, 1.54) is 0 Å². The number of rotatable bonds is 6. The molecule has 0 radical (unpaired) electrons. The Morgan fingerprint density at radius 2 is 2.00 bits per heavy atom. The average molecular weight is 220 g/mol. The first kappa shape index (κ1) is 11.5. The van der Waals surface area contributed by atoms with Gasteiger partial charge in [0.25, 0.3) is 0 Å². The van der Waals surface area contributed by atoms with E-state index in [2.05, 4.69) is 0 Å². The highest BCUT2D eigenvalue weighted by atomic mass is 32.2. The lowest BCUT2D eigenvalue weighted by Crippen LogP contribution is -2.17. The van der Waals surface area contributed by atoms with Crippen molar-refractivity contribution in [3.05, 3.63) is 0 Å². The molecule has 1 aliphatic carbocycles. The van der Waals surface area contributed by atoms with Gasteiger partial charge in [-0.15, -0.1) is 0 Å². The predicted molar refractivity (Wildman–Crippen MR) is 52.9 cm³/mol. The summed E-state index contributed by atoms with van der Waals surface area (Å²) in [6.07, 6.45) is 2.38. The van der Waals surface area contributed by atoms with Crippen molar-refractivity contribution in [3.63, 3.8) is 0 Å². The van der Waals surface area contributed by atoms with Gasteiger partial charge in [0.05, 0.1) is 11.2 Å². The topological polar surface area (TPSA) is 71.4 Å². The third-order valence-corrected chi connectivity index (χ3v) is 4.65. The van der Waals surface area contributed by atoms with Gasteiger partial charge in [-0.1, -0.05) is 6.92 Å². The standard InChI is InChI=1S/C9H16O4S/c1-2-14(12,13)7-3-4-9(5-6-9)8(10)11/h2-7H2,1H3,(H,10,11). The second-order valence-corrected chi connectivity index (χ2v) is 6.40. The number of carboxylic acid groups (broad SMARTS) is 1. The lowest BCUT2D eigenvalue weighted by atomic mass is 10.0. The second-order valence-electron chi connectivity index (χ2n) is 3.93. The van der Waals surface area contributed by atoms with Crippen LogP contribution in [0.15, 0.2) is 0 Å². The monoisotopic (exact) mass is 220 g/mol. The summed E-state index contributed by atoms with van der Waals surface area (Å²) in [6, 6.07) is 0. The highest BCUT2D eigenvalue weighted by molar-refractivity contribution is 7.91. The van der Waals surface area contributed by atoms with Gasteiger partial charge in [-0.25, -0.2) is 8.42 Å². The van der Waals surface area contributed by atoms with Crippen LogP contribution in [0.25, 0.3) is 0 Å². The Labute approximate surface area is 84.2 Å². The molecule has 0 amide bonds. The molecular weight excluding hydrogens is 204 g/mol. The number of sulfone groups is 1. The van der Waals surface area contributed by atoms with E-state index in [1.54, 1.807) is 6.92 Å². The smallest absolute Gasteiger partial charge is 0.309 e. The number of hydrogen-bond acceptors (Lipinski definition) is 3. The highest BCUT2D eigenvalue weighted by Crippen LogP contribution is 2.49. The van der Waals surface area contributed by atoms with E-state index in [4.69, 9.17) is 5.11 Å². The first-order valence-electron chi connectivity index (χ1n) is 4.86. The predicted octanol–water partition coefficient (Wildman–Crippen LogP) is 1.07. The molecule has 0 unspecified atom stereocenters. The van der Waals surface area contributed by atoms with E-state index in [1.807, 2.05) is 0 Å². The summed E-state index contributed by atoms with van der Waals surface area (Å²) in [5, 5.41) is 8.84. The lowest BCUT2D eigenvalue weighted by molar-refractivity contribution is -0.143. The normalized spacial score (nSPS) is 19.2. The Balaban J connectivity index is 2.33. The van der Waals surface area contributed by atoms with Crippen molar-refractivity contribution in [2.24, 2.45) is 5.41 Å². The highest BCUT2D eigenvalue weighted by Gasteiger charge is 2.49. The van der Waals surface area contributed by atoms with Crippen LogP contribution in [0.5, 0.6) is 0 Å². The van der Waals surface area contributed by atoms with Gasteiger partial charge in [0.15, 0.2) is 0 Å². The molecule has 1 aliphatic rings. The Bertz CT molecular complexity index is 314. The maximum atomic E-state index is 11.1. The van der Waals surface area contributed by atoms with E-state index in [0.29, 0.717) is 25.7 Å². The van der Waals surface area contributed by atoms with Crippen LogP contribution in [0.4, 0.5) is 0 Å². The van der Waals surface area contributed by atoms with Gasteiger partial charge in [-0.2, -0.15) is 0 Å². The molecule has 1 saturated carbocycles. The molecule has 5 heteroatoms. The van der Waals surface area contributed by atoms with Gasteiger partial charge in [0.1, 0.15) is 9.84 Å². The SMILES string of the molecule is CCS(=O)(=O)CCCC1(C(=O)O)CC1. The summed E-state index contributed by atoms with van der Waals surface area (Å²) in [5.74, 6) is -0.502. The first-order chi connectivity index (χ1) is 6.42. The van der Waals surface area contributed by atoms with Crippen molar-refractivity contribution in [2.75, 3.05) is 11.5 Å². The van der Waals surface area contributed by atoms with E-state index in [0.717, 1.165) is 0 Å². The molecular formula is C9H16O4S. The summed E-state index contributed by atoms with van der Waals surface area (Å²) in [7, 11) is -2.93. The zero-order valence-electron chi connectivity index (χ0n) is 8.32. The van der Waals surface area contributed by atoms with Crippen molar-refractivity contribution < 1.29 is 18.3 Å². The molecule has 0 aromatic heterocycles. The fourth-order valence-electron chi connectivity index (χ4n) is 1.50. The van der Waals surface area contributed by atoms with Crippen LogP contribution in [0, 0.1) is 5.41 Å². The molecule has 1 rings (SSSR count). The molecule has 1 fully saturated rings. The van der Waals surface area contributed by atoms with E-state index < -0.39 is 21.2 Å². The van der Waals surface area contributed by atoms with Gasteiger partial charge < -0.3 is 5.11 Å². The molecule has 1 N–H and O–H groups in total. The quantitative estimate of drug-likeness (QED) is 0.726. The molecule has 0 aromatic carbocycles. The van der Waals surface area contributed by atoms with Crippen molar-refractivity contribution in [1.82, 2.24) is 0 Å². The van der Waals surface area contributed by atoms with Gasteiger partial charge in [0.2, 0.25) is 0 Å². The van der Waals surface area contributed by atoms with Gasteiger partial charge >= 0.3 is 5.97 Å². The minimum absolute atomic E-state index is 0.124. The molecule has 0 bridgehead atoms. The molecule has 82 valence electrons. The first-order valence-corrected chi connectivity index (χ1v) is 6.68. The minimum atomic E-state index is -2.93. The molecule has 14 heavy (non-hydrogen) atoms. The number of carbonyl (C=O) groups is 1. The summed E-state index contributed by atoms with van der Waals surface area (Å²) in [4.78, 5) is 10.8. The molecule has 0 spiro atoms. The fraction of sp³-hybridized carbons (Fsp3) is 0.889. The van der Waals surface area contributed by atoms with Crippen LogP contribution in [0.2, 0.25) is 0 Å². The van der Waals surface area contributed by atoms with Gasteiger partial charge in [-0.05, 0) is 25.7 Å². The molecule has 0 atom stereocenters. The maximum absolute atomic E-state index is 11.1. The van der Waals surface area contributed by atoms with Crippen molar-refractivity contribution in [3.8, 4) is 0 Å². The van der Waals surface area contributed by atoms with E-state index in [-0.39, 0.29) is 11.5 Å². The second kappa shape index (κ2) is 3.88. The summed E-state index contributed by atoms with van der Waals surface area (Å²) in [5.41, 5.74) is -0.580. The molecule has 0 aromatic rings. The van der Waals surface area contributed by atoms with Crippen molar-refractivity contribution >= 4 is 15.8 Å². The lowest BCUT2D eigenvalue weighted by Gasteiger charge is -2.08. The maximum Gasteiger partial charge on any atom is 0.309 e. The van der Waals surface area contributed by atoms with Crippen LogP contribution in [0.1, 0.15) is 32.6 Å². The number of hydrogen-bond donors (Lipinski definition) is 1. The summed E-state index contributed by atoms with van der Waals surface area (Å²) >= 11 is 0. The Morgan fingerprint density at radius 3 is 2.36 bits per heavy atom. The van der Waals surface area contributed by atoms with Gasteiger partial charge in [0, 0.05) is 5.75 Å². The van der Waals surface area contributed by atoms with Crippen LogP contribution in [0.3, 0.4) is 0 Å². The Morgan fingerprint density at radius 1 is 1.43 bits per heavy atom. The third kappa shape index (κ3) is 2.70. The minimum Gasteiger partial charge on any atom is -0.481 e. The van der Waals surface area contributed by atoms with Crippen molar-refractivity contribution in [2.45, 2.75) is 32.6 Å². The van der Waals surface area contributed by atoms with E-state index >= 15 is 0 Å². The van der Waals surface area contributed by atoms with Crippen molar-refractivity contribution in [1.29, 1.82) is 0 Å². The summed E-state index contributed by atoms with van der Waals surface area (Å²) < 4.78 is 22.3. The molecule has 0 aliphatic heterocycles. The van der Waals surface area contributed by atoms with Crippen LogP contribution >= 0.6 is 0 Å². The number of carboxylic acids is 1. The van der Waals surface area contributed by atoms with Gasteiger partial charge in [-0.3, -0.25) is 4.79 Å². The van der Waals surface area contributed by atoms with Crippen LogP contribution in [-0.4, -0.2) is 31.0 Å². The summed E-state index contributed by atoms with van der Waals surface area (Å²) in [6.45, 7) is 1.61. The zero-order chi connectivity index (χ0) is 10.8. The zero-order valence-corrected chi connectivity index (χ0v) is 9.14.